The normalized spacial score (nSPS) is 14.0. The van der Waals surface area contributed by atoms with Crippen LogP contribution in [0.15, 0.2) is 12.3 Å². The molecule has 0 saturated carbocycles. The molecule has 2 atom stereocenters. The van der Waals surface area contributed by atoms with Gasteiger partial charge in [0.15, 0.2) is 0 Å². The van der Waals surface area contributed by atoms with E-state index in [-0.39, 0.29) is 16.9 Å². The van der Waals surface area contributed by atoms with Crippen LogP contribution in [0.4, 0.5) is 5.82 Å². The maximum atomic E-state index is 11.3. The van der Waals surface area contributed by atoms with Crippen molar-refractivity contribution in [3.05, 3.63) is 23.4 Å². The monoisotopic (exact) mass is 318 g/mol. The van der Waals surface area contributed by atoms with Gasteiger partial charge in [-0.15, -0.1) is 0 Å². The zero-order chi connectivity index (χ0) is 13.7. The highest BCUT2D eigenvalue weighted by Crippen LogP contribution is 2.24. The summed E-state index contributed by atoms with van der Waals surface area (Å²) in [7, 11) is 1.24. The van der Waals surface area contributed by atoms with E-state index in [2.05, 4.69) is 25.7 Å². The van der Waals surface area contributed by atoms with Gasteiger partial charge in [0.25, 0.3) is 0 Å². The van der Waals surface area contributed by atoms with Crippen LogP contribution in [-0.4, -0.2) is 39.7 Å². The molecule has 18 heavy (non-hydrogen) atoms. The molecule has 0 radical (unpaired) electrons. The number of carbonyl (C=O) groups excluding carboxylic acids is 1. The molecule has 0 aliphatic carbocycles. The molecular formula is C11H15BrN2O4. The predicted molar refractivity (Wildman–Crippen MR) is 69.4 cm³/mol. The standard InChI is InChI=1S/C11H15BrN2O4/c1-18-11(17)6-4-7(10(13)14-5-6)9(16)8(15)2-3-12/h4-5,8-9,15-16H,2-3H2,1H3,(H2,13,14). The molecule has 1 aromatic rings. The third kappa shape index (κ3) is 3.41. The van der Waals surface area contributed by atoms with E-state index in [1.807, 2.05) is 0 Å². The molecule has 0 fully saturated rings. The molecule has 1 heterocycles. The lowest BCUT2D eigenvalue weighted by molar-refractivity contribution is 0.0175. The van der Waals surface area contributed by atoms with Gasteiger partial charge in [0.2, 0.25) is 0 Å². The molecule has 0 spiro atoms. The van der Waals surface area contributed by atoms with Gasteiger partial charge < -0.3 is 20.7 Å². The smallest absolute Gasteiger partial charge is 0.339 e. The SMILES string of the molecule is COC(=O)c1cnc(N)c(C(O)C(O)CCBr)c1. The first-order valence-electron chi connectivity index (χ1n) is 5.27. The number of aromatic nitrogens is 1. The van der Waals surface area contributed by atoms with E-state index in [0.29, 0.717) is 11.8 Å². The van der Waals surface area contributed by atoms with Gasteiger partial charge in [-0.05, 0) is 12.5 Å². The molecule has 0 bridgehead atoms. The third-order valence-corrected chi connectivity index (χ3v) is 2.92. The Bertz CT molecular complexity index is 428. The van der Waals surface area contributed by atoms with Gasteiger partial charge in [0, 0.05) is 17.1 Å². The largest absolute Gasteiger partial charge is 0.465 e. The number of ether oxygens (including phenoxy) is 1. The molecule has 0 aliphatic heterocycles. The quantitative estimate of drug-likeness (QED) is 0.543. The summed E-state index contributed by atoms with van der Waals surface area (Å²) in [4.78, 5) is 15.1. The lowest BCUT2D eigenvalue weighted by atomic mass is 10.0. The van der Waals surface area contributed by atoms with Gasteiger partial charge >= 0.3 is 5.97 Å². The Kier molecular flexibility index (Phi) is 5.52. The zero-order valence-corrected chi connectivity index (χ0v) is 11.4. The Morgan fingerprint density at radius 2 is 2.28 bits per heavy atom. The lowest BCUT2D eigenvalue weighted by Gasteiger charge is -2.18. The number of halogens is 1. The summed E-state index contributed by atoms with van der Waals surface area (Å²) in [5, 5.41) is 20.2. The number of methoxy groups -OCH3 is 1. The van der Waals surface area contributed by atoms with Gasteiger partial charge in [-0.25, -0.2) is 9.78 Å². The van der Waals surface area contributed by atoms with Crippen LogP contribution in [0, 0.1) is 0 Å². The van der Waals surface area contributed by atoms with E-state index >= 15 is 0 Å². The average Bonchev–Trinajstić information content (AvgIpc) is 2.37. The fraction of sp³-hybridized carbons (Fsp3) is 0.455. The van der Waals surface area contributed by atoms with E-state index in [1.54, 1.807) is 0 Å². The summed E-state index contributed by atoms with van der Waals surface area (Å²) in [6, 6.07) is 1.37. The molecule has 100 valence electrons. The molecule has 0 saturated heterocycles. The van der Waals surface area contributed by atoms with Crippen molar-refractivity contribution >= 4 is 27.7 Å². The van der Waals surface area contributed by atoms with Crippen molar-refractivity contribution in [1.82, 2.24) is 4.98 Å². The van der Waals surface area contributed by atoms with Crippen LogP contribution in [0.5, 0.6) is 0 Å². The van der Waals surface area contributed by atoms with E-state index in [0.717, 1.165) is 0 Å². The van der Waals surface area contributed by atoms with Crippen molar-refractivity contribution in [2.45, 2.75) is 18.6 Å². The highest BCUT2D eigenvalue weighted by molar-refractivity contribution is 9.09. The highest BCUT2D eigenvalue weighted by Gasteiger charge is 2.22. The fourth-order valence-corrected chi connectivity index (χ4v) is 1.90. The Labute approximate surface area is 113 Å². The van der Waals surface area contributed by atoms with Crippen molar-refractivity contribution in [2.75, 3.05) is 18.2 Å². The van der Waals surface area contributed by atoms with E-state index in [1.165, 1.54) is 19.4 Å². The maximum absolute atomic E-state index is 11.3. The van der Waals surface area contributed by atoms with Crippen molar-refractivity contribution in [1.29, 1.82) is 0 Å². The second-order valence-electron chi connectivity index (χ2n) is 3.68. The number of nitrogens with zero attached hydrogens (tertiary/aromatic N) is 1. The summed E-state index contributed by atoms with van der Waals surface area (Å²) in [6.45, 7) is 0. The Morgan fingerprint density at radius 3 is 2.83 bits per heavy atom. The second-order valence-corrected chi connectivity index (χ2v) is 4.47. The summed E-state index contributed by atoms with van der Waals surface area (Å²) in [5.74, 6) is -0.505. The first kappa shape index (κ1) is 14.9. The Morgan fingerprint density at radius 1 is 1.61 bits per heavy atom. The van der Waals surface area contributed by atoms with Crippen molar-refractivity contribution in [2.24, 2.45) is 0 Å². The minimum Gasteiger partial charge on any atom is -0.465 e. The molecule has 1 aromatic heterocycles. The van der Waals surface area contributed by atoms with Crippen molar-refractivity contribution in [3.63, 3.8) is 0 Å². The number of esters is 1. The van der Waals surface area contributed by atoms with Crippen LogP contribution >= 0.6 is 15.9 Å². The summed E-state index contributed by atoms with van der Waals surface area (Å²) >= 11 is 3.17. The summed E-state index contributed by atoms with van der Waals surface area (Å²) < 4.78 is 4.55. The molecule has 1 rings (SSSR count). The number of pyridine rings is 1. The van der Waals surface area contributed by atoms with Crippen LogP contribution in [0.3, 0.4) is 0 Å². The number of hydrogen-bond donors (Lipinski definition) is 3. The molecule has 0 aliphatic rings. The minimum absolute atomic E-state index is 0.0729. The molecule has 0 aromatic carbocycles. The Hall–Kier alpha value is -1.18. The maximum Gasteiger partial charge on any atom is 0.339 e. The zero-order valence-electron chi connectivity index (χ0n) is 9.84. The van der Waals surface area contributed by atoms with Gasteiger partial charge in [-0.3, -0.25) is 0 Å². The number of aliphatic hydroxyl groups is 2. The fourth-order valence-electron chi connectivity index (χ4n) is 1.44. The number of nitrogen functional groups attached to an aromatic ring is 1. The molecule has 0 amide bonds. The van der Waals surface area contributed by atoms with Gasteiger partial charge in [0.1, 0.15) is 11.9 Å². The number of carbonyl (C=O) groups is 1. The second kappa shape index (κ2) is 6.67. The first-order valence-corrected chi connectivity index (χ1v) is 6.39. The summed E-state index contributed by atoms with van der Waals surface area (Å²) in [6.07, 6.45) is -0.571. The van der Waals surface area contributed by atoms with Crippen LogP contribution in [0.1, 0.15) is 28.4 Å². The number of rotatable bonds is 5. The predicted octanol–water partition coefficient (Wildman–Crippen LogP) is 0.630. The Balaban J connectivity index is 3.03. The van der Waals surface area contributed by atoms with E-state index < -0.39 is 18.2 Å². The number of nitrogens with two attached hydrogens (primary N) is 1. The van der Waals surface area contributed by atoms with Gasteiger partial charge in [-0.1, -0.05) is 15.9 Å². The van der Waals surface area contributed by atoms with Crippen LogP contribution in [0.2, 0.25) is 0 Å². The molecule has 6 nitrogen and oxygen atoms in total. The number of hydrogen-bond acceptors (Lipinski definition) is 6. The third-order valence-electron chi connectivity index (χ3n) is 2.46. The van der Waals surface area contributed by atoms with Crippen LogP contribution in [0.25, 0.3) is 0 Å². The number of alkyl halides is 1. The van der Waals surface area contributed by atoms with E-state index in [9.17, 15) is 15.0 Å². The molecule has 7 heteroatoms. The number of anilines is 1. The topological polar surface area (TPSA) is 106 Å². The lowest BCUT2D eigenvalue weighted by Crippen LogP contribution is -2.21. The first-order chi connectivity index (χ1) is 8.51. The minimum atomic E-state index is -1.19. The average molecular weight is 319 g/mol. The molecule has 2 unspecified atom stereocenters. The van der Waals surface area contributed by atoms with Crippen LogP contribution < -0.4 is 5.73 Å². The van der Waals surface area contributed by atoms with Crippen molar-refractivity contribution < 1.29 is 19.7 Å². The van der Waals surface area contributed by atoms with Crippen LogP contribution in [-0.2, 0) is 4.74 Å². The van der Waals surface area contributed by atoms with Crippen molar-refractivity contribution in [3.8, 4) is 0 Å². The van der Waals surface area contributed by atoms with Gasteiger partial charge in [-0.2, -0.15) is 0 Å². The molecule has 4 N–H and O–H groups in total. The molecular weight excluding hydrogens is 304 g/mol. The van der Waals surface area contributed by atoms with E-state index in [4.69, 9.17) is 5.73 Å². The number of aliphatic hydroxyl groups excluding tert-OH is 2. The van der Waals surface area contributed by atoms with Gasteiger partial charge in [0.05, 0.1) is 18.8 Å². The highest BCUT2D eigenvalue weighted by atomic mass is 79.9. The summed E-state index contributed by atoms with van der Waals surface area (Å²) in [5.41, 5.74) is 6.01.